The van der Waals surface area contributed by atoms with Gasteiger partial charge >= 0.3 is 0 Å². The van der Waals surface area contributed by atoms with Crippen molar-refractivity contribution in [3.63, 3.8) is 0 Å². The highest BCUT2D eigenvalue weighted by atomic mass is 32.1. The maximum atomic E-state index is 4.63. The number of aromatic nitrogens is 1. The molecule has 1 aromatic rings. The lowest BCUT2D eigenvalue weighted by Gasteiger charge is -2.35. The Morgan fingerprint density at radius 1 is 1.22 bits per heavy atom. The van der Waals surface area contributed by atoms with Gasteiger partial charge in [0.25, 0.3) is 0 Å². The van der Waals surface area contributed by atoms with Gasteiger partial charge in [-0.1, -0.05) is 13.8 Å². The summed E-state index contributed by atoms with van der Waals surface area (Å²) in [6.45, 7) is 14.4. The topological polar surface area (TPSA) is 24.9 Å². The van der Waals surface area contributed by atoms with Crippen molar-refractivity contribution in [3.8, 4) is 0 Å². The number of nitrogens with one attached hydrogen (secondary N) is 1. The van der Waals surface area contributed by atoms with Crippen molar-refractivity contribution in [1.82, 2.24) is 10.3 Å². The molecule has 0 amide bonds. The molecule has 1 heterocycles. The zero-order valence-corrected chi connectivity index (χ0v) is 13.6. The second-order valence-electron chi connectivity index (χ2n) is 6.35. The molecule has 0 saturated carbocycles. The number of hydrogen-bond donors (Lipinski definition) is 1. The molecule has 1 N–H and O–H groups in total. The van der Waals surface area contributed by atoms with Gasteiger partial charge in [0, 0.05) is 17.5 Å². The maximum absolute atomic E-state index is 4.63. The summed E-state index contributed by atoms with van der Waals surface area (Å²) in [5.41, 5.74) is 1.79. The highest BCUT2D eigenvalue weighted by Gasteiger charge is 2.28. The van der Waals surface area contributed by atoms with Crippen molar-refractivity contribution in [2.45, 2.75) is 66.3 Å². The van der Waals surface area contributed by atoms with Crippen molar-refractivity contribution in [2.24, 2.45) is 5.41 Å². The molecular formula is C15H28N2S. The number of rotatable bonds is 6. The Labute approximate surface area is 116 Å². The van der Waals surface area contributed by atoms with Gasteiger partial charge in [0.1, 0.15) is 0 Å². The molecule has 0 saturated heterocycles. The zero-order valence-electron chi connectivity index (χ0n) is 12.8. The van der Waals surface area contributed by atoms with E-state index in [1.165, 1.54) is 23.5 Å². The first-order valence-electron chi connectivity index (χ1n) is 6.96. The van der Waals surface area contributed by atoms with Crippen molar-refractivity contribution >= 4 is 11.3 Å². The van der Waals surface area contributed by atoms with Crippen LogP contribution in [0.4, 0.5) is 0 Å². The minimum absolute atomic E-state index is 0.188. The average molecular weight is 268 g/mol. The molecule has 0 aliphatic carbocycles. The lowest BCUT2D eigenvalue weighted by Crippen LogP contribution is -2.44. The summed E-state index contributed by atoms with van der Waals surface area (Å²) in [6, 6.07) is 0. The molecular weight excluding hydrogens is 240 g/mol. The van der Waals surface area contributed by atoms with Gasteiger partial charge < -0.3 is 5.32 Å². The van der Waals surface area contributed by atoms with Gasteiger partial charge in [0.05, 0.1) is 10.7 Å². The monoisotopic (exact) mass is 268 g/mol. The van der Waals surface area contributed by atoms with Gasteiger partial charge in [-0.15, -0.1) is 11.3 Å². The number of nitrogens with zero attached hydrogens (tertiary/aromatic N) is 1. The third-order valence-corrected chi connectivity index (χ3v) is 4.54. The highest BCUT2D eigenvalue weighted by molar-refractivity contribution is 7.09. The van der Waals surface area contributed by atoms with E-state index >= 15 is 0 Å². The quantitative estimate of drug-likeness (QED) is 0.837. The summed E-state index contributed by atoms with van der Waals surface area (Å²) in [6.07, 6.45) is 3.49. The summed E-state index contributed by atoms with van der Waals surface area (Å²) in [5, 5.41) is 7.06. The Bertz CT molecular complexity index is 359. The van der Waals surface area contributed by atoms with E-state index in [0.717, 1.165) is 13.0 Å². The van der Waals surface area contributed by atoms with Crippen LogP contribution in [-0.4, -0.2) is 17.1 Å². The molecule has 0 unspecified atom stereocenters. The van der Waals surface area contributed by atoms with Crippen LogP contribution < -0.4 is 5.32 Å². The Morgan fingerprint density at radius 2 is 1.83 bits per heavy atom. The second-order valence-corrected chi connectivity index (χ2v) is 7.41. The average Bonchev–Trinajstić information content (AvgIpc) is 2.69. The first-order valence-corrected chi connectivity index (χ1v) is 7.84. The standard InChI is InChI=1S/C15H28N2S/c1-7-15(8-2,11-16-14(4,5)6)9-13-10-18-12(3)17-13/h10,16H,7-9,11H2,1-6H3. The van der Waals surface area contributed by atoms with Gasteiger partial charge in [0.2, 0.25) is 0 Å². The van der Waals surface area contributed by atoms with E-state index in [-0.39, 0.29) is 5.54 Å². The molecule has 18 heavy (non-hydrogen) atoms. The normalized spacial score (nSPS) is 13.0. The van der Waals surface area contributed by atoms with E-state index in [1.54, 1.807) is 11.3 Å². The van der Waals surface area contributed by atoms with E-state index in [4.69, 9.17) is 0 Å². The van der Waals surface area contributed by atoms with Gasteiger partial charge in [-0.25, -0.2) is 4.98 Å². The molecule has 0 atom stereocenters. The van der Waals surface area contributed by atoms with Gasteiger partial charge in [-0.05, 0) is 52.4 Å². The minimum Gasteiger partial charge on any atom is -0.312 e. The molecule has 104 valence electrons. The molecule has 0 fully saturated rings. The van der Waals surface area contributed by atoms with Gasteiger partial charge in [-0.3, -0.25) is 0 Å². The molecule has 0 bridgehead atoms. The molecule has 3 heteroatoms. The third kappa shape index (κ3) is 4.69. The van der Waals surface area contributed by atoms with Crippen molar-refractivity contribution in [3.05, 3.63) is 16.1 Å². The molecule has 0 spiro atoms. The first kappa shape index (κ1) is 15.6. The maximum Gasteiger partial charge on any atom is 0.0897 e. The van der Waals surface area contributed by atoms with E-state index in [0.29, 0.717) is 5.41 Å². The Kier molecular flexibility index (Phi) is 5.35. The Balaban J connectivity index is 2.73. The van der Waals surface area contributed by atoms with Crippen LogP contribution in [0.5, 0.6) is 0 Å². The fourth-order valence-corrected chi connectivity index (χ4v) is 2.75. The number of hydrogen-bond acceptors (Lipinski definition) is 3. The minimum atomic E-state index is 0.188. The molecule has 1 rings (SSSR count). The number of thiazole rings is 1. The SMILES string of the molecule is CCC(CC)(CNC(C)(C)C)Cc1csc(C)n1. The zero-order chi connectivity index (χ0) is 13.8. The Hall–Kier alpha value is -0.410. The lowest BCUT2D eigenvalue weighted by atomic mass is 9.77. The van der Waals surface area contributed by atoms with Gasteiger partial charge in [0.15, 0.2) is 0 Å². The van der Waals surface area contributed by atoms with Crippen LogP contribution in [0, 0.1) is 12.3 Å². The Morgan fingerprint density at radius 3 is 2.22 bits per heavy atom. The van der Waals surface area contributed by atoms with Crippen LogP contribution in [0.25, 0.3) is 0 Å². The van der Waals surface area contributed by atoms with E-state index < -0.39 is 0 Å². The smallest absolute Gasteiger partial charge is 0.0897 e. The van der Waals surface area contributed by atoms with Crippen molar-refractivity contribution in [1.29, 1.82) is 0 Å². The first-order chi connectivity index (χ1) is 8.30. The summed E-state index contributed by atoms with van der Waals surface area (Å²) in [5.74, 6) is 0. The molecule has 1 aromatic heterocycles. The fraction of sp³-hybridized carbons (Fsp3) is 0.800. The predicted molar refractivity (Wildman–Crippen MR) is 81.3 cm³/mol. The van der Waals surface area contributed by atoms with E-state index in [1.807, 2.05) is 0 Å². The van der Waals surface area contributed by atoms with E-state index in [9.17, 15) is 0 Å². The highest BCUT2D eigenvalue weighted by Crippen LogP contribution is 2.31. The summed E-state index contributed by atoms with van der Waals surface area (Å²) in [4.78, 5) is 4.63. The fourth-order valence-electron chi connectivity index (χ4n) is 2.14. The molecule has 0 radical (unpaired) electrons. The van der Waals surface area contributed by atoms with Crippen LogP contribution >= 0.6 is 11.3 Å². The summed E-state index contributed by atoms with van der Waals surface area (Å²) < 4.78 is 0. The molecule has 0 aliphatic heterocycles. The molecule has 0 aromatic carbocycles. The van der Waals surface area contributed by atoms with Crippen LogP contribution in [0.2, 0.25) is 0 Å². The summed E-state index contributed by atoms with van der Waals surface area (Å²) in [7, 11) is 0. The summed E-state index contributed by atoms with van der Waals surface area (Å²) >= 11 is 1.76. The lowest BCUT2D eigenvalue weighted by molar-refractivity contribution is 0.218. The number of aryl methyl sites for hydroxylation is 1. The van der Waals surface area contributed by atoms with E-state index in [2.05, 4.69) is 57.2 Å². The molecule has 2 nitrogen and oxygen atoms in total. The molecule has 0 aliphatic rings. The van der Waals surface area contributed by atoms with Crippen LogP contribution in [0.15, 0.2) is 5.38 Å². The van der Waals surface area contributed by atoms with Crippen LogP contribution in [0.1, 0.15) is 58.2 Å². The predicted octanol–water partition coefficient (Wildman–Crippen LogP) is 4.19. The third-order valence-electron chi connectivity index (χ3n) is 3.72. The van der Waals surface area contributed by atoms with Crippen molar-refractivity contribution < 1.29 is 0 Å². The second kappa shape index (κ2) is 6.16. The van der Waals surface area contributed by atoms with Crippen molar-refractivity contribution in [2.75, 3.05) is 6.54 Å². The van der Waals surface area contributed by atoms with Crippen LogP contribution in [0.3, 0.4) is 0 Å². The van der Waals surface area contributed by atoms with Gasteiger partial charge in [-0.2, -0.15) is 0 Å². The van der Waals surface area contributed by atoms with Crippen LogP contribution in [-0.2, 0) is 6.42 Å². The largest absolute Gasteiger partial charge is 0.312 e.